The summed E-state index contributed by atoms with van der Waals surface area (Å²) >= 11 is 0. The number of fused-ring (bicyclic) bond motifs is 11. The number of para-hydroxylation sites is 3. The summed E-state index contributed by atoms with van der Waals surface area (Å²) in [6.07, 6.45) is 0. The second kappa shape index (κ2) is 14.1. The van der Waals surface area contributed by atoms with Crippen LogP contribution in [0.15, 0.2) is 218 Å². The molecule has 0 radical (unpaired) electrons. The van der Waals surface area contributed by atoms with Crippen LogP contribution in [0.1, 0.15) is 0 Å². The Morgan fingerprint density at radius 3 is 1.40 bits per heavy atom. The Balaban J connectivity index is 1.01. The van der Waals surface area contributed by atoms with E-state index in [2.05, 4.69) is 223 Å². The molecule has 0 atom stereocenters. The van der Waals surface area contributed by atoms with Crippen molar-refractivity contribution in [1.29, 1.82) is 0 Å². The Labute approximate surface area is 363 Å². The Bertz CT molecular complexity index is 3850. The lowest BCUT2D eigenvalue weighted by Gasteiger charge is -2.15. The van der Waals surface area contributed by atoms with Gasteiger partial charge in [-0.3, -0.25) is 0 Å². The smallest absolute Gasteiger partial charge is 0.160 e. The second-order valence-electron chi connectivity index (χ2n) is 16.4. The van der Waals surface area contributed by atoms with Crippen molar-refractivity contribution in [3.05, 3.63) is 218 Å². The molecular weight excluding hydrogens is 765 g/mol. The highest BCUT2D eigenvalue weighted by Gasteiger charge is 2.19. The van der Waals surface area contributed by atoms with Crippen LogP contribution in [0.2, 0.25) is 0 Å². The van der Waals surface area contributed by atoms with Gasteiger partial charge < -0.3 is 4.40 Å². The third-order valence-corrected chi connectivity index (χ3v) is 12.7. The van der Waals surface area contributed by atoms with E-state index in [0.717, 1.165) is 77.8 Å². The Hall–Kier alpha value is -8.47. The van der Waals surface area contributed by atoms with E-state index in [4.69, 9.17) is 15.0 Å². The van der Waals surface area contributed by atoms with E-state index in [9.17, 15) is 0 Å². The number of nitrogens with zero attached hydrogens (tertiary/aromatic N) is 4. The Morgan fingerprint density at radius 2 is 0.762 bits per heavy atom. The molecule has 3 aromatic heterocycles. The zero-order valence-corrected chi connectivity index (χ0v) is 34.1. The summed E-state index contributed by atoms with van der Waals surface area (Å²) in [6, 6.07) is 78.0. The van der Waals surface area contributed by atoms with Gasteiger partial charge in [-0.2, -0.15) is 0 Å². The second-order valence-corrected chi connectivity index (χ2v) is 16.4. The largest absolute Gasteiger partial charge is 0.306 e. The van der Waals surface area contributed by atoms with Gasteiger partial charge in [-0.25, -0.2) is 15.0 Å². The first-order valence-corrected chi connectivity index (χ1v) is 21.4. The van der Waals surface area contributed by atoms with E-state index in [1.165, 1.54) is 43.2 Å². The Kier molecular flexibility index (Phi) is 7.87. The molecule has 4 nitrogen and oxygen atoms in total. The van der Waals surface area contributed by atoms with Crippen molar-refractivity contribution in [3.8, 4) is 56.3 Å². The van der Waals surface area contributed by atoms with Crippen molar-refractivity contribution >= 4 is 70.5 Å². The third-order valence-electron chi connectivity index (χ3n) is 12.7. The van der Waals surface area contributed by atoms with Gasteiger partial charge in [-0.05, 0) is 109 Å². The van der Waals surface area contributed by atoms with E-state index in [-0.39, 0.29) is 0 Å². The predicted octanol–water partition coefficient (Wildman–Crippen LogP) is 15.4. The lowest BCUT2D eigenvalue weighted by atomic mass is 9.93. The van der Waals surface area contributed by atoms with Crippen LogP contribution in [0.5, 0.6) is 0 Å². The van der Waals surface area contributed by atoms with E-state index >= 15 is 0 Å². The quantitative estimate of drug-likeness (QED) is 0.163. The van der Waals surface area contributed by atoms with Crippen LogP contribution >= 0.6 is 0 Å². The van der Waals surface area contributed by atoms with Crippen molar-refractivity contribution in [1.82, 2.24) is 19.4 Å². The fraction of sp³-hybridized carbons (Fsp3) is 0. The van der Waals surface area contributed by atoms with Crippen LogP contribution in [0.4, 0.5) is 0 Å². The maximum atomic E-state index is 5.46. The minimum atomic E-state index is 0.674. The first-order chi connectivity index (χ1) is 31.2. The van der Waals surface area contributed by atoms with E-state index in [1.54, 1.807) is 0 Å². The molecule has 0 aliphatic heterocycles. The molecule has 13 rings (SSSR count). The number of hydrogen-bond acceptors (Lipinski definition) is 3. The predicted molar refractivity (Wildman–Crippen MR) is 263 cm³/mol. The summed E-state index contributed by atoms with van der Waals surface area (Å²) in [4.78, 5) is 16.2. The number of rotatable bonds is 5. The molecule has 292 valence electrons. The molecular formula is C59H36N4. The lowest BCUT2D eigenvalue weighted by molar-refractivity contribution is 1.19. The summed E-state index contributed by atoms with van der Waals surface area (Å²) in [5.41, 5.74) is 13.4. The molecule has 13 aromatic rings. The minimum absolute atomic E-state index is 0.674. The zero-order valence-electron chi connectivity index (χ0n) is 34.1. The van der Waals surface area contributed by atoms with E-state index in [1.807, 2.05) is 0 Å². The van der Waals surface area contributed by atoms with Gasteiger partial charge in [0.15, 0.2) is 5.82 Å². The van der Waals surface area contributed by atoms with Gasteiger partial charge in [-0.1, -0.05) is 164 Å². The van der Waals surface area contributed by atoms with Crippen LogP contribution in [-0.4, -0.2) is 19.4 Å². The molecule has 0 amide bonds. The molecule has 0 spiro atoms. The van der Waals surface area contributed by atoms with Gasteiger partial charge in [0, 0.05) is 27.6 Å². The van der Waals surface area contributed by atoms with Gasteiger partial charge in [0.2, 0.25) is 0 Å². The molecule has 0 saturated carbocycles. The molecule has 0 unspecified atom stereocenters. The van der Waals surface area contributed by atoms with Crippen molar-refractivity contribution in [2.24, 2.45) is 0 Å². The topological polar surface area (TPSA) is 43.1 Å². The molecule has 0 N–H and O–H groups in total. The van der Waals surface area contributed by atoms with Gasteiger partial charge in [0.1, 0.15) is 0 Å². The van der Waals surface area contributed by atoms with Crippen LogP contribution in [0, 0.1) is 0 Å². The SMILES string of the molecule is c1cc(-c2cccc(-c3nc4ccccc4n4c3cc3ccccc34)c2)cc(-c2nc(-c3cc4ccccc4c4ccccc34)cc(-c3cc4ccccc4c4ccccc34)n2)c1. The van der Waals surface area contributed by atoms with Crippen molar-refractivity contribution in [3.63, 3.8) is 0 Å². The first kappa shape index (κ1) is 35.3. The van der Waals surface area contributed by atoms with Gasteiger partial charge >= 0.3 is 0 Å². The first-order valence-electron chi connectivity index (χ1n) is 21.4. The summed E-state index contributed by atoms with van der Waals surface area (Å²) in [7, 11) is 0. The highest BCUT2D eigenvalue weighted by atomic mass is 14.9. The summed E-state index contributed by atoms with van der Waals surface area (Å²) in [5.74, 6) is 0.674. The Morgan fingerprint density at radius 1 is 0.286 bits per heavy atom. The van der Waals surface area contributed by atoms with Crippen molar-refractivity contribution in [2.45, 2.75) is 0 Å². The van der Waals surface area contributed by atoms with Crippen LogP contribution in [0.3, 0.4) is 0 Å². The average Bonchev–Trinajstić information content (AvgIpc) is 3.76. The molecule has 0 saturated heterocycles. The van der Waals surface area contributed by atoms with E-state index in [0.29, 0.717) is 5.82 Å². The summed E-state index contributed by atoms with van der Waals surface area (Å²) in [5, 5.41) is 10.7. The summed E-state index contributed by atoms with van der Waals surface area (Å²) in [6.45, 7) is 0. The average molecular weight is 801 g/mol. The number of hydrogen-bond donors (Lipinski definition) is 0. The molecule has 4 heteroatoms. The lowest BCUT2D eigenvalue weighted by Crippen LogP contribution is -1.98. The highest BCUT2D eigenvalue weighted by molar-refractivity contribution is 6.15. The number of aromatic nitrogens is 4. The molecule has 0 aliphatic rings. The summed E-state index contributed by atoms with van der Waals surface area (Å²) < 4.78 is 2.35. The fourth-order valence-electron chi connectivity index (χ4n) is 9.80. The molecule has 63 heavy (non-hydrogen) atoms. The van der Waals surface area contributed by atoms with Gasteiger partial charge in [0.25, 0.3) is 0 Å². The van der Waals surface area contributed by atoms with Crippen molar-refractivity contribution < 1.29 is 0 Å². The van der Waals surface area contributed by atoms with Crippen molar-refractivity contribution in [2.75, 3.05) is 0 Å². The highest BCUT2D eigenvalue weighted by Crippen LogP contribution is 2.40. The van der Waals surface area contributed by atoms with Gasteiger partial charge in [-0.15, -0.1) is 0 Å². The van der Waals surface area contributed by atoms with Gasteiger partial charge in [0.05, 0.1) is 39.1 Å². The standard InChI is InChI=1S/C59H36N4/c1-4-22-44-39(15-1)33-50(48-26-8-6-24-46(44)48)53-36-54(51-34-40-16-2-5-23-45(40)47-25-7-9-27-49(47)51)62-59(61-53)43-21-14-19-38(32-43)37-18-13-20-42(31-37)58-57-35-41-17-3-11-29-55(41)63(57)56-30-12-10-28-52(56)60-58/h1-36H. The molecule has 0 fully saturated rings. The van der Waals surface area contributed by atoms with E-state index < -0.39 is 0 Å². The molecule has 0 aliphatic carbocycles. The molecule has 0 bridgehead atoms. The van der Waals surface area contributed by atoms with Crippen LogP contribution in [0.25, 0.3) is 127 Å². The van der Waals surface area contributed by atoms with Crippen LogP contribution in [-0.2, 0) is 0 Å². The fourth-order valence-corrected chi connectivity index (χ4v) is 9.80. The molecule has 3 heterocycles. The minimum Gasteiger partial charge on any atom is -0.306 e. The maximum Gasteiger partial charge on any atom is 0.160 e. The normalized spacial score (nSPS) is 11.8. The van der Waals surface area contributed by atoms with Crippen LogP contribution < -0.4 is 0 Å². The number of benzene rings is 10. The zero-order chi connectivity index (χ0) is 41.4. The third kappa shape index (κ3) is 5.73. The molecule has 10 aromatic carbocycles. The monoisotopic (exact) mass is 800 g/mol. The maximum absolute atomic E-state index is 5.46.